The molecule has 0 bridgehead atoms. The normalized spacial score (nSPS) is 12.4. The van der Waals surface area contributed by atoms with Gasteiger partial charge in [0, 0.05) is 6.20 Å². The minimum Gasteiger partial charge on any atom is -0.308 e. The molecule has 1 aromatic heterocycles. The molecule has 88 valence electrons. The average molecular weight is 218 g/mol. The first-order chi connectivity index (χ1) is 7.83. The molecule has 0 aromatic carbocycles. The Hall–Kier alpha value is -1.15. The Balaban J connectivity index is 2.85. The van der Waals surface area contributed by atoms with Crippen LogP contribution in [0.5, 0.6) is 0 Å². The predicted octanol–water partition coefficient (Wildman–Crippen LogP) is 3.26. The minimum atomic E-state index is 0.314. The molecule has 1 rings (SSSR count). The molecule has 0 radical (unpaired) electrons. The molecule has 0 fully saturated rings. The molecule has 2 nitrogen and oxygen atoms in total. The maximum Gasteiger partial charge on any atom is 0.0608 e. The molecule has 1 aromatic rings. The zero-order valence-electron chi connectivity index (χ0n) is 10.4. The van der Waals surface area contributed by atoms with E-state index in [9.17, 15) is 0 Å². The molecule has 0 saturated carbocycles. The second-order valence-electron chi connectivity index (χ2n) is 3.93. The summed E-state index contributed by atoms with van der Waals surface area (Å²) in [5, 5.41) is 3.53. The van der Waals surface area contributed by atoms with Crippen LogP contribution in [0.4, 0.5) is 0 Å². The zero-order valence-corrected chi connectivity index (χ0v) is 10.4. The highest BCUT2D eigenvalue weighted by Crippen LogP contribution is 2.19. The van der Waals surface area contributed by atoms with E-state index in [4.69, 9.17) is 0 Å². The van der Waals surface area contributed by atoms with Gasteiger partial charge in [0.2, 0.25) is 0 Å². The second-order valence-corrected chi connectivity index (χ2v) is 3.93. The molecule has 1 N–H and O–H groups in total. The summed E-state index contributed by atoms with van der Waals surface area (Å²) in [6.07, 6.45) is 6.94. The van der Waals surface area contributed by atoms with Crippen LogP contribution in [0.3, 0.4) is 0 Å². The lowest BCUT2D eigenvalue weighted by Gasteiger charge is -2.18. The first-order valence-corrected chi connectivity index (χ1v) is 6.11. The van der Waals surface area contributed by atoms with E-state index in [-0.39, 0.29) is 0 Å². The van der Waals surface area contributed by atoms with Crippen LogP contribution in [0.2, 0.25) is 0 Å². The fraction of sp³-hybridized carbons (Fsp3) is 0.500. The van der Waals surface area contributed by atoms with Gasteiger partial charge < -0.3 is 5.32 Å². The number of nitrogens with one attached hydrogen (secondary N) is 1. The van der Waals surface area contributed by atoms with Gasteiger partial charge >= 0.3 is 0 Å². The summed E-state index contributed by atoms with van der Waals surface area (Å²) in [5.74, 6) is 0. The van der Waals surface area contributed by atoms with Gasteiger partial charge in [-0.1, -0.05) is 26.0 Å². The highest BCUT2D eigenvalue weighted by Gasteiger charge is 2.13. The SMILES string of the molecule is C=CCC(NCCC)c1ncccc1CC. The minimum absolute atomic E-state index is 0.314. The molecule has 1 heterocycles. The lowest BCUT2D eigenvalue weighted by atomic mass is 10.0. The average Bonchev–Trinajstić information content (AvgIpc) is 2.34. The number of rotatable bonds is 7. The summed E-state index contributed by atoms with van der Waals surface area (Å²) in [7, 11) is 0. The van der Waals surface area contributed by atoms with Crippen molar-refractivity contribution in [3.63, 3.8) is 0 Å². The van der Waals surface area contributed by atoms with Crippen molar-refractivity contribution in [2.75, 3.05) is 6.54 Å². The van der Waals surface area contributed by atoms with Crippen LogP contribution in [-0.4, -0.2) is 11.5 Å². The molecule has 16 heavy (non-hydrogen) atoms. The maximum atomic E-state index is 4.51. The molecule has 0 spiro atoms. The summed E-state index contributed by atoms with van der Waals surface area (Å²) in [6, 6.07) is 4.48. The Bertz CT molecular complexity index is 320. The predicted molar refractivity (Wildman–Crippen MR) is 69.5 cm³/mol. The summed E-state index contributed by atoms with van der Waals surface area (Å²) in [6.45, 7) is 9.20. The number of pyridine rings is 1. The molecular formula is C14H22N2. The van der Waals surface area contributed by atoms with E-state index < -0.39 is 0 Å². The number of aryl methyl sites for hydroxylation is 1. The molecule has 1 atom stereocenters. The highest BCUT2D eigenvalue weighted by molar-refractivity contribution is 5.23. The Labute approximate surface area is 98.8 Å². The van der Waals surface area contributed by atoms with Crippen molar-refractivity contribution in [2.24, 2.45) is 0 Å². The summed E-state index contributed by atoms with van der Waals surface area (Å²) in [5.41, 5.74) is 2.51. The summed E-state index contributed by atoms with van der Waals surface area (Å²) >= 11 is 0. The Morgan fingerprint density at radius 1 is 1.50 bits per heavy atom. The van der Waals surface area contributed by atoms with E-state index in [2.05, 4.69) is 36.8 Å². The summed E-state index contributed by atoms with van der Waals surface area (Å²) < 4.78 is 0. The van der Waals surface area contributed by atoms with E-state index in [1.807, 2.05) is 18.3 Å². The van der Waals surface area contributed by atoms with Crippen LogP contribution in [0.1, 0.15) is 44.0 Å². The van der Waals surface area contributed by atoms with E-state index in [1.54, 1.807) is 0 Å². The quantitative estimate of drug-likeness (QED) is 0.711. The van der Waals surface area contributed by atoms with Crippen LogP contribution < -0.4 is 5.32 Å². The maximum absolute atomic E-state index is 4.51. The molecule has 0 aliphatic rings. The van der Waals surface area contributed by atoms with Crippen LogP contribution in [-0.2, 0) is 6.42 Å². The van der Waals surface area contributed by atoms with Gasteiger partial charge in [-0.15, -0.1) is 6.58 Å². The van der Waals surface area contributed by atoms with Gasteiger partial charge in [-0.25, -0.2) is 0 Å². The van der Waals surface area contributed by atoms with Crippen molar-refractivity contribution < 1.29 is 0 Å². The van der Waals surface area contributed by atoms with Crippen LogP contribution in [0.25, 0.3) is 0 Å². The third kappa shape index (κ3) is 3.46. The van der Waals surface area contributed by atoms with Gasteiger partial charge in [0.05, 0.1) is 11.7 Å². The number of nitrogens with zero attached hydrogens (tertiary/aromatic N) is 1. The van der Waals surface area contributed by atoms with Crippen molar-refractivity contribution in [1.82, 2.24) is 10.3 Å². The first kappa shape index (κ1) is 12.9. The molecule has 0 saturated heterocycles. The fourth-order valence-electron chi connectivity index (χ4n) is 1.84. The topological polar surface area (TPSA) is 24.9 Å². The molecular weight excluding hydrogens is 196 g/mol. The molecule has 0 aliphatic carbocycles. The molecule has 1 unspecified atom stereocenters. The van der Waals surface area contributed by atoms with E-state index in [1.165, 1.54) is 11.3 Å². The first-order valence-electron chi connectivity index (χ1n) is 6.11. The number of aromatic nitrogens is 1. The fourth-order valence-corrected chi connectivity index (χ4v) is 1.84. The lowest BCUT2D eigenvalue weighted by molar-refractivity contribution is 0.521. The summed E-state index contributed by atoms with van der Waals surface area (Å²) in [4.78, 5) is 4.51. The van der Waals surface area contributed by atoms with E-state index in [0.717, 1.165) is 25.8 Å². The van der Waals surface area contributed by atoms with Crippen molar-refractivity contribution in [3.05, 3.63) is 42.2 Å². The highest BCUT2D eigenvalue weighted by atomic mass is 14.9. The zero-order chi connectivity index (χ0) is 11.8. The monoisotopic (exact) mass is 218 g/mol. The van der Waals surface area contributed by atoms with Crippen molar-refractivity contribution in [2.45, 2.75) is 39.2 Å². The van der Waals surface area contributed by atoms with Crippen molar-refractivity contribution in [3.8, 4) is 0 Å². The second kappa shape index (κ2) is 7.18. The van der Waals surface area contributed by atoms with Gasteiger partial charge in [0.1, 0.15) is 0 Å². The Morgan fingerprint density at radius 3 is 2.94 bits per heavy atom. The third-order valence-corrected chi connectivity index (χ3v) is 2.68. The van der Waals surface area contributed by atoms with Gasteiger partial charge in [-0.3, -0.25) is 4.98 Å². The van der Waals surface area contributed by atoms with E-state index in [0.29, 0.717) is 6.04 Å². The molecule has 0 amide bonds. The van der Waals surface area contributed by atoms with Gasteiger partial charge in [-0.05, 0) is 37.4 Å². The molecule has 0 aliphatic heterocycles. The van der Waals surface area contributed by atoms with Gasteiger partial charge in [0.15, 0.2) is 0 Å². The van der Waals surface area contributed by atoms with E-state index >= 15 is 0 Å². The number of hydrogen-bond donors (Lipinski definition) is 1. The largest absolute Gasteiger partial charge is 0.308 e. The van der Waals surface area contributed by atoms with Crippen molar-refractivity contribution >= 4 is 0 Å². The van der Waals surface area contributed by atoms with Gasteiger partial charge in [0.25, 0.3) is 0 Å². The van der Waals surface area contributed by atoms with Gasteiger partial charge in [-0.2, -0.15) is 0 Å². The third-order valence-electron chi connectivity index (χ3n) is 2.68. The van der Waals surface area contributed by atoms with Crippen LogP contribution >= 0.6 is 0 Å². The smallest absolute Gasteiger partial charge is 0.0608 e. The van der Waals surface area contributed by atoms with Crippen molar-refractivity contribution in [1.29, 1.82) is 0 Å². The van der Waals surface area contributed by atoms with Crippen LogP contribution in [0.15, 0.2) is 31.0 Å². The van der Waals surface area contributed by atoms with Crippen LogP contribution in [0, 0.1) is 0 Å². The molecule has 2 heteroatoms. The standard InChI is InChI=1S/C14H22N2/c1-4-8-13(15-10-5-2)14-12(6-3)9-7-11-16-14/h4,7,9,11,13,15H,1,5-6,8,10H2,2-3H3. The number of hydrogen-bond acceptors (Lipinski definition) is 2. The lowest BCUT2D eigenvalue weighted by Crippen LogP contribution is -2.23. The Morgan fingerprint density at radius 2 is 2.31 bits per heavy atom. The Kier molecular flexibility index (Phi) is 5.79.